The number of aliphatic hydroxyl groups excluding tert-OH is 1. The van der Waals surface area contributed by atoms with Gasteiger partial charge in [0.05, 0.1) is 12.7 Å². The largest absolute Gasteiger partial charge is 0.389 e. The van der Waals surface area contributed by atoms with Crippen LogP contribution < -0.4 is 5.32 Å². The Morgan fingerprint density at radius 3 is 2.50 bits per heavy atom. The summed E-state index contributed by atoms with van der Waals surface area (Å²) < 4.78 is 5.70. The molecule has 0 bridgehead atoms. The predicted octanol–water partition coefficient (Wildman–Crippen LogP) is 3.36. The van der Waals surface area contributed by atoms with Gasteiger partial charge in [-0.25, -0.2) is 0 Å². The van der Waals surface area contributed by atoms with Crippen LogP contribution >= 0.6 is 0 Å². The molecule has 0 saturated heterocycles. The number of hydrogen-bond donors (Lipinski definition) is 2. The van der Waals surface area contributed by atoms with Crippen LogP contribution in [0.2, 0.25) is 0 Å². The van der Waals surface area contributed by atoms with Crippen LogP contribution in [0.15, 0.2) is 0 Å². The molecule has 1 fully saturated rings. The number of nitrogens with one attached hydrogen (secondary N) is 1. The molecule has 1 rings (SSSR count). The van der Waals surface area contributed by atoms with Crippen LogP contribution in [0.5, 0.6) is 0 Å². The third-order valence-electron chi connectivity index (χ3n) is 4.60. The molecule has 0 radical (unpaired) electrons. The summed E-state index contributed by atoms with van der Waals surface area (Å²) in [6.07, 6.45) is 7.20. The second-order valence-electron chi connectivity index (χ2n) is 6.98. The lowest BCUT2D eigenvalue weighted by molar-refractivity contribution is 0.0161. The number of rotatable bonds is 12. The van der Waals surface area contributed by atoms with E-state index in [1.165, 1.54) is 38.5 Å². The molecule has 0 aromatic rings. The van der Waals surface area contributed by atoms with Gasteiger partial charge in [-0.3, -0.25) is 0 Å². The first-order valence-electron chi connectivity index (χ1n) is 8.50. The van der Waals surface area contributed by atoms with E-state index in [0.717, 1.165) is 12.5 Å². The molecule has 2 atom stereocenters. The van der Waals surface area contributed by atoms with Gasteiger partial charge < -0.3 is 15.2 Å². The van der Waals surface area contributed by atoms with Crippen LogP contribution in [-0.2, 0) is 4.74 Å². The number of aliphatic hydroxyl groups is 1. The van der Waals surface area contributed by atoms with Gasteiger partial charge in [0.2, 0.25) is 0 Å². The van der Waals surface area contributed by atoms with Gasteiger partial charge in [0.25, 0.3) is 0 Å². The van der Waals surface area contributed by atoms with Crippen LogP contribution in [-0.4, -0.2) is 36.5 Å². The van der Waals surface area contributed by atoms with Crippen molar-refractivity contribution >= 4 is 0 Å². The molecular weight excluding hydrogens is 250 g/mol. The van der Waals surface area contributed by atoms with Crippen LogP contribution in [0.25, 0.3) is 0 Å². The Kier molecular flexibility index (Phi) is 8.08. The Hall–Kier alpha value is -0.120. The maximum absolute atomic E-state index is 9.99. The topological polar surface area (TPSA) is 41.5 Å². The summed E-state index contributed by atoms with van der Waals surface area (Å²) in [6, 6.07) is 0. The smallest absolute Gasteiger partial charge is 0.0897 e. The van der Waals surface area contributed by atoms with Crippen molar-refractivity contribution in [3.05, 3.63) is 0 Å². The second kappa shape index (κ2) is 9.01. The van der Waals surface area contributed by atoms with Gasteiger partial charge in [-0.05, 0) is 44.9 Å². The van der Waals surface area contributed by atoms with Crippen molar-refractivity contribution in [3.63, 3.8) is 0 Å². The van der Waals surface area contributed by atoms with Gasteiger partial charge in [0, 0.05) is 18.7 Å². The zero-order valence-electron chi connectivity index (χ0n) is 14.0. The summed E-state index contributed by atoms with van der Waals surface area (Å²) >= 11 is 0. The highest BCUT2D eigenvalue weighted by atomic mass is 16.5. The van der Waals surface area contributed by atoms with Crippen molar-refractivity contribution < 1.29 is 9.84 Å². The molecule has 20 heavy (non-hydrogen) atoms. The average Bonchev–Trinajstić information content (AvgIpc) is 3.25. The van der Waals surface area contributed by atoms with E-state index in [9.17, 15) is 5.11 Å². The highest BCUT2D eigenvalue weighted by molar-refractivity contribution is 4.94. The summed E-state index contributed by atoms with van der Waals surface area (Å²) in [5, 5.41) is 13.5. The molecule has 0 amide bonds. The van der Waals surface area contributed by atoms with Gasteiger partial charge >= 0.3 is 0 Å². The molecule has 1 aliphatic rings. The zero-order valence-corrected chi connectivity index (χ0v) is 14.0. The van der Waals surface area contributed by atoms with Crippen LogP contribution in [0.1, 0.15) is 66.2 Å². The van der Waals surface area contributed by atoms with E-state index in [1.807, 2.05) is 0 Å². The molecular formula is C17H35NO2. The van der Waals surface area contributed by atoms with Gasteiger partial charge in [0.15, 0.2) is 0 Å². The zero-order chi connectivity index (χ0) is 15.0. The van der Waals surface area contributed by atoms with Gasteiger partial charge in [0.1, 0.15) is 0 Å². The van der Waals surface area contributed by atoms with Crippen molar-refractivity contribution in [2.75, 3.05) is 19.8 Å². The summed E-state index contributed by atoms with van der Waals surface area (Å²) in [5.41, 5.74) is 0.161. The maximum Gasteiger partial charge on any atom is 0.0897 e. The molecule has 0 aromatic heterocycles. The Balaban J connectivity index is 2.08. The van der Waals surface area contributed by atoms with E-state index in [1.54, 1.807) is 0 Å². The first-order chi connectivity index (χ1) is 9.49. The summed E-state index contributed by atoms with van der Waals surface area (Å²) in [5.74, 6) is 1.44. The Morgan fingerprint density at radius 1 is 1.25 bits per heavy atom. The SMILES string of the molecule is CCCCC(CC)COCC(O)CNC(C)(C)C1CC1. The molecule has 3 nitrogen and oxygen atoms in total. The normalized spacial score (nSPS) is 19.1. The van der Waals surface area contributed by atoms with Gasteiger partial charge in [-0.15, -0.1) is 0 Å². The van der Waals surface area contributed by atoms with Crippen LogP contribution in [0.3, 0.4) is 0 Å². The number of hydrogen-bond acceptors (Lipinski definition) is 3. The molecule has 0 spiro atoms. The standard InChI is InChI=1S/C17H35NO2/c1-5-7-8-14(6-2)12-20-13-16(19)11-18-17(3,4)15-9-10-15/h14-16,18-19H,5-13H2,1-4H3. The van der Waals surface area contributed by atoms with E-state index in [2.05, 4.69) is 33.0 Å². The summed E-state index contributed by atoms with van der Waals surface area (Å²) in [4.78, 5) is 0. The molecule has 120 valence electrons. The predicted molar refractivity (Wildman–Crippen MR) is 84.9 cm³/mol. The number of unbranched alkanes of at least 4 members (excludes halogenated alkanes) is 1. The van der Waals surface area contributed by atoms with Crippen molar-refractivity contribution in [1.82, 2.24) is 5.32 Å². The quantitative estimate of drug-likeness (QED) is 0.578. The van der Waals surface area contributed by atoms with Gasteiger partial charge in [-0.1, -0.05) is 33.1 Å². The lowest BCUT2D eigenvalue weighted by Gasteiger charge is -2.28. The van der Waals surface area contributed by atoms with Crippen molar-refractivity contribution in [2.24, 2.45) is 11.8 Å². The Bertz CT molecular complexity index is 251. The van der Waals surface area contributed by atoms with E-state index in [0.29, 0.717) is 19.1 Å². The highest BCUT2D eigenvalue weighted by Crippen LogP contribution is 2.39. The van der Waals surface area contributed by atoms with Crippen LogP contribution in [0, 0.1) is 11.8 Å². The molecule has 2 N–H and O–H groups in total. The monoisotopic (exact) mass is 285 g/mol. The molecule has 0 heterocycles. The van der Waals surface area contributed by atoms with E-state index in [-0.39, 0.29) is 5.54 Å². The minimum Gasteiger partial charge on any atom is -0.389 e. The molecule has 0 aliphatic heterocycles. The lowest BCUT2D eigenvalue weighted by Crippen LogP contribution is -2.46. The first-order valence-corrected chi connectivity index (χ1v) is 8.50. The van der Waals surface area contributed by atoms with E-state index < -0.39 is 6.10 Å². The molecule has 0 aromatic carbocycles. The minimum absolute atomic E-state index is 0.161. The average molecular weight is 285 g/mol. The summed E-state index contributed by atoms with van der Waals surface area (Å²) in [7, 11) is 0. The van der Waals surface area contributed by atoms with Crippen molar-refractivity contribution in [3.8, 4) is 0 Å². The van der Waals surface area contributed by atoms with Gasteiger partial charge in [-0.2, -0.15) is 0 Å². The van der Waals surface area contributed by atoms with E-state index in [4.69, 9.17) is 4.74 Å². The highest BCUT2D eigenvalue weighted by Gasteiger charge is 2.37. The molecule has 2 unspecified atom stereocenters. The lowest BCUT2D eigenvalue weighted by atomic mass is 9.98. The number of ether oxygens (including phenoxy) is 1. The van der Waals surface area contributed by atoms with E-state index >= 15 is 0 Å². The fourth-order valence-electron chi connectivity index (χ4n) is 2.66. The molecule has 1 saturated carbocycles. The molecule has 3 heteroatoms. The molecule has 1 aliphatic carbocycles. The first kappa shape index (κ1) is 17.9. The Morgan fingerprint density at radius 2 is 1.95 bits per heavy atom. The number of β-amino-alcohol motifs (C(OH)–C–C–N with tert-alkyl or cyclic N) is 1. The minimum atomic E-state index is -0.392. The van der Waals surface area contributed by atoms with Crippen LogP contribution in [0.4, 0.5) is 0 Å². The third-order valence-corrected chi connectivity index (χ3v) is 4.60. The van der Waals surface area contributed by atoms with Crippen molar-refractivity contribution in [2.45, 2.75) is 77.9 Å². The fraction of sp³-hybridized carbons (Fsp3) is 1.00. The maximum atomic E-state index is 9.99. The fourth-order valence-corrected chi connectivity index (χ4v) is 2.66. The third kappa shape index (κ3) is 7.05. The Labute approximate surface area is 125 Å². The second-order valence-corrected chi connectivity index (χ2v) is 6.98. The van der Waals surface area contributed by atoms with Crippen molar-refractivity contribution in [1.29, 1.82) is 0 Å². The summed E-state index contributed by atoms with van der Waals surface area (Å²) in [6.45, 7) is 10.8.